The third-order valence-corrected chi connectivity index (χ3v) is 4.31. The maximum Gasteiger partial charge on any atom is 0.330 e. The molecular weight excluding hydrogens is 384 g/mol. The molecule has 0 amide bonds. The second kappa shape index (κ2) is 9.55. The molecule has 3 aromatic rings. The number of nitrogens with zero attached hydrogens (tertiary/aromatic N) is 4. The highest BCUT2D eigenvalue weighted by molar-refractivity contribution is 5.87. The standard InChI is InChI=1S/C21H24N6O3/c1-4-30-20(28)10-7-16-13-24-27(14(16)2)19-11-18(25-21(22)26-19)23-12-15-5-8-17(29-3)9-6-15/h5-11,13H,4,12H2,1-3H3,(H3,22,23,25,26). The number of benzene rings is 1. The van der Waals surface area contributed by atoms with E-state index in [1.54, 1.807) is 37.1 Å². The average molecular weight is 408 g/mol. The summed E-state index contributed by atoms with van der Waals surface area (Å²) in [5.74, 6) is 1.62. The van der Waals surface area contributed by atoms with E-state index >= 15 is 0 Å². The summed E-state index contributed by atoms with van der Waals surface area (Å²) in [6.45, 7) is 4.52. The molecule has 1 aromatic carbocycles. The number of carbonyl (C=O) groups is 1. The van der Waals surface area contributed by atoms with Gasteiger partial charge in [-0.1, -0.05) is 12.1 Å². The summed E-state index contributed by atoms with van der Waals surface area (Å²) in [5, 5.41) is 7.60. The molecule has 0 radical (unpaired) electrons. The maximum absolute atomic E-state index is 11.5. The number of nitrogen functional groups attached to an aromatic ring is 1. The maximum atomic E-state index is 11.5. The largest absolute Gasteiger partial charge is 0.497 e. The normalized spacial score (nSPS) is 10.9. The molecule has 0 saturated heterocycles. The van der Waals surface area contributed by atoms with Crippen molar-refractivity contribution in [1.29, 1.82) is 0 Å². The molecule has 0 spiro atoms. The summed E-state index contributed by atoms with van der Waals surface area (Å²) in [6.07, 6.45) is 4.67. The fraction of sp³-hybridized carbons (Fsp3) is 0.238. The zero-order valence-electron chi connectivity index (χ0n) is 17.1. The first-order valence-electron chi connectivity index (χ1n) is 9.41. The van der Waals surface area contributed by atoms with Gasteiger partial charge in [0.2, 0.25) is 5.95 Å². The van der Waals surface area contributed by atoms with Crippen molar-refractivity contribution in [3.63, 3.8) is 0 Å². The van der Waals surface area contributed by atoms with Crippen molar-refractivity contribution in [3.8, 4) is 11.6 Å². The SMILES string of the molecule is CCOC(=O)C=Cc1cnn(-c2cc(NCc3ccc(OC)cc3)nc(N)n2)c1C. The number of anilines is 2. The van der Waals surface area contributed by atoms with Gasteiger partial charge in [-0.25, -0.2) is 9.48 Å². The third kappa shape index (κ3) is 5.13. The lowest BCUT2D eigenvalue weighted by molar-refractivity contribution is -0.137. The summed E-state index contributed by atoms with van der Waals surface area (Å²) in [7, 11) is 1.63. The highest BCUT2D eigenvalue weighted by Crippen LogP contribution is 2.18. The van der Waals surface area contributed by atoms with Crippen LogP contribution in [0.15, 0.2) is 42.6 Å². The topological polar surface area (TPSA) is 117 Å². The van der Waals surface area contributed by atoms with E-state index in [1.807, 2.05) is 31.2 Å². The monoisotopic (exact) mass is 408 g/mol. The minimum atomic E-state index is -0.402. The first-order valence-corrected chi connectivity index (χ1v) is 9.41. The lowest BCUT2D eigenvalue weighted by Gasteiger charge is -2.10. The van der Waals surface area contributed by atoms with Gasteiger partial charge in [-0.05, 0) is 37.6 Å². The minimum absolute atomic E-state index is 0.128. The Hall–Kier alpha value is -3.88. The van der Waals surface area contributed by atoms with Crippen LogP contribution in [0.5, 0.6) is 5.75 Å². The molecule has 9 nitrogen and oxygen atoms in total. The van der Waals surface area contributed by atoms with Crippen LogP contribution in [-0.4, -0.2) is 39.4 Å². The number of hydrogen-bond donors (Lipinski definition) is 2. The summed E-state index contributed by atoms with van der Waals surface area (Å²) in [6, 6.07) is 9.50. The summed E-state index contributed by atoms with van der Waals surface area (Å²) in [5.41, 5.74) is 8.54. The summed E-state index contributed by atoms with van der Waals surface area (Å²) >= 11 is 0. The molecule has 3 N–H and O–H groups in total. The second-order valence-electron chi connectivity index (χ2n) is 6.35. The minimum Gasteiger partial charge on any atom is -0.497 e. The number of nitrogens with one attached hydrogen (secondary N) is 1. The molecule has 0 atom stereocenters. The molecule has 0 unspecified atom stereocenters. The van der Waals surface area contributed by atoms with Gasteiger partial charge in [0.25, 0.3) is 0 Å². The molecule has 2 heterocycles. The fourth-order valence-corrected chi connectivity index (χ4v) is 2.75. The van der Waals surface area contributed by atoms with Crippen molar-refractivity contribution in [2.45, 2.75) is 20.4 Å². The molecule has 156 valence electrons. The van der Waals surface area contributed by atoms with Crippen LogP contribution >= 0.6 is 0 Å². The molecule has 30 heavy (non-hydrogen) atoms. The van der Waals surface area contributed by atoms with Gasteiger partial charge in [-0.15, -0.1) is 0 Å². The lowest BCUT2D eigenvalue weighted by atomic mass is 10.2. The van der Waals surface area contributed by atoms with Crippen molar-refractivity contribution in [3.05, 3.63) is 59.4 Å². The van der Waals surface area contributed by atoms with E-state index in [4.69, 9.17) is 15.2 Å². The van der Waals surface area contributed by atoms with Gasteiger partial charge < -0.3 is 20.5 Å². The molecule has 0 aliphatic heterocycles. The molecule has 0 aliphatic carbocycles. The summed E-state index contributed by atoms with van der Waals surface area (Å²) < 4.78 is 11.7. The van der Waals surface area contributed by atoms with Crippen molar-refractivity contribution >= 4 is 23.8 Å². The highest BCUT2D eigenvalue weighted by atomic mass is 16.5. The van der Waals surface area contributed by atoms with Crippen LogP contribution in [0.25, 0.3) is 11.9 Å². The number of ether oxygens (including phenoxy) is 2. The molecular formula is C21H24N6O3. The Kier molecular flexibility index (Phi) is 6.63. The van der Waals surface area contributed by atoms with E-state index in [9.17, 15) is 4.79 Å². The molecule has 2 aromatic heterocycles. The van der Waals surface area contributed by atoms with Crippen molar-refractivity contribution in [2.75, 3.05) is 24.8 Å². The Morgan fingerprint density at radius 2 is 2.03 bits per heavy atom. The molecule has 0 bridgehead atoms. The van der Waals surface area contributed by atoms with Gasteiger partial charge in [-0.3, -0.25) is 0 Å². The number of carbonyl (C=O) groups excluding carboxylic acids is 1. The third-order valence-electron chi connectivity index (χ3n) is 4.31. The number of hydrogen-bond acceptors (Lipinski definition) is 8. The van der Waals surface area contributed by atoms with Crippen LogP contribution < -0.4 is 15.8 Å². The Balaban J connectivity index is 1.77. The number of aromatic nitrogens is 4. The zero-order valence-corrected chi connectivity index (χ0v) is 17.1. The Bertz CT molecular complexity index is 1040. The molecule has 9 heteroatoms. The summed E-state index contributed by atoms with van der Waals surface area (Å²) in [4.78, 5) is 20.0. The quantitative estimate of drug-likeness (QED) is 0.432. The van der Waals surface area contributed by atoms with Crippen LogP contribution in [0.2, 0.25) is 0 Å². The van der Waals surface area contributed by atoms with Crippen LogP contribution in [0, 0.1) is 6.92 Å². The van der Waals surface area contributed by atoms with Crippen molar-refractivity contribution in [1.82, 2.24) is 19.7 Å². The Morgan fingerprint density at radius 3 is 2.73 bits per heavy atom. The van der Waals surface area contributed by atoms with Gasteiger partial charge in [-0.2, -0.15) is 15.1 Å². The molecule has 0 aliphatic rings. The van der Waals surface area contributed by atoms with Crippen molar-refractivity contribution in [2.24, 2.45) is 0 Å². The lowest BCUT2D eigenvalue weighted by Crippen LogP contribution is -2.09. The Labute approximate surface area is 174 Å². The molecule has 0 fully saturated rings. The predicted molar refractivity (Wildman–Crippen MR) is 114 cm³/mol. The van der Waals surface area contributed by atoms with Crippen molar-refractivity contribution < 1.29 is 14.3 Å². The van der Waals surface area contributed by atoms with Gasteiger partial charge in [0, 0.05) is 24.3 Å². The van der Waals surface area contributed by atoms with E-state index in [0.717, 1.165) is 22.6 Å². The smallest absolute Gasteiger partial charge is 0.330 e. The number of rotatable bonds is 8. The number of esters is 1. The Morgan fingerprint density at radius 1 is 1.27 bits per heavy atom. The van der Waals surface area contributed by atoms with Crippen LogP contribution in [0.1, 0.15) is 23.7 Å². The van der Waals surface area contributed by atoms with E-state index in [2.05, 4.69) is 20.4 Å². The van der Waals surface area contributed by atoms with Gasteiger partial charge >= 0.3 is 5.97 Å². The number of nitrogens with two attached hydrogens (primary N) is 1. The van der Waals surface area contributed by atoms with Crippen LogP contribution in [0.4, 0.5) is 11.8 Å². The predicted octanol–water partition coefficient (Wildman–Crippen LogP) is 2.75. The van der Waals surface area contributed by atoms with E-state index in [1.165, 1.54) is 6.08 Å². The average Bonchev–Trinajstić information content (AvgIpc) is 3.11. The highest BCUT2D eigenvalue weighted by Gasteiger charge is 2.11. The number of methoxy groups -OCH3 is 1. The first kappa shape index (κ1) is 20.8. The van der Waals surface area contributed by atoms with Crippen LogP contribution in [-0.2, 0) is 16.1 Å². The van der Waals surface area contributed by atoms with E-state index in [0.29, 0.717) is 24.8 Å². The first-order chi connectivity index (χ1) is 14.5. The van der Waals surface area contributed by atoms with Gasteiger partial charge in [0.15, 0.2) is 5.82 Å². The second-order valence-corrected chi connectivity index (χ2v) is 6.35. The molecule has 0 saturated carbocycles. The van der Waals surface area contributed by atoms with E-state index < -0.39 is 5.97 Å². The molecule has 3 rings (SSSR count). The van der Waals surface area contributed by atoms with Crippen LogP contribution in [0.3, 0.4) is 0 Å². The fourth-order valence-electron chi connectivity index (χ4n) is 2.75. The van der Waals surface area contributed by atoms with Gasteiger partial charge in [0.1, 0.15) is 11.6 Å². The van der Waals surface area contributed by atoms with E-state index in [-0.39, 0.29) is 5.95 Å². The zero-order chi connectivity index (χ0) is 21.5. The van der Waals surface area contributed by atoms with Gasteiger partial charge in [0.05, 0.1) is 25.6 Å².